The quantitative estimate of drug-likeness (QED) is 0.304. The van der Waals surface area contributed by atoms with Gasteiger partial charge in [-0.3, -0.25) is 9.69 Å². The average molecular weight is 538 g/mol. The molecule has 0 aromatic heterocycles. The number of anilines is 1. The fourth-order valence-electron chi connectivity index (χ4n) is 4.87. The Balaban J connectivity index is 1.23. The van der Waals surface area contributed by atoms with E-state index in [0.717, 1.165) is 5.56 Å². The maximum absolute atomic E-state index is 13.4. The van der Waals surface area contributed by atoms with Gasteiger partial charge in [0, 0.05) is 37.9 Å². The van der Waals surface area contributed by atoms with Crippen LogP contribution in [-0.2, 0) is 14.8 Å². The van der Waals surface area contributed by atoms with Gasteiger partial charge in [-0.15, -0.1) is 0 Å². The van der Waals surface area contributed by atoms with E-state index in [2.05, 4.69) is 34.5 Å². The highest BCUT2D eigenvalue weighted by molar-refractivity contribution is 7.89. The summed E-state index contributed by atoms with van der Waals surface area (Å²) in [4.78, 5) is 14.8. The molecule has 5 rings (SSSR count). The first-order valence-electron chi connectivity index (χ1n) is 13.0. The minimum absolute atomic E-state index is 0.0658. The van der Waals surface area contributed by atoms with E-state index < -0.39 is 10.0 Å². The topological polar surface area (TPSA) is 69.7 Å². The van der Waals surface area contributed by atoms with E-state index in [-0.39, 0.29) is 16.8 Å². The summed E-state index contributed by atoms with van der Waals surface area (Å²) in [7, 11) is -3.65. The van der Waals surface area contributed by atoms with Gasteiger partial charge in [0.2, 0.25) is 15.9 Å². The van der Waals surface area contributed by atoms with Crippen LogP contribution in [0.15, 0.2) is 126 Å². The molecule has 198 valence electrons. The van der Waals surface area contributed by atoms with Crippen molar-refractivity contribution in [3.05, 3.63) is 138 Å². The Hall–Kier alpha value is -4.04. The van der Waals surface area contributed by atoms with Crippen molar-refractivity contribution in [2.75, 3.05) is 31.5 Å². The SMILES string of the molecule is O=C(/C=C/c1ccccc1)Nc1ccc(S(=O)(=O)N2CCN(C(c3ccccc3)c3ccccc3)CC2)cc1. The Morgan fingerprint density at radius 3 is 1.74 bits per heavy atom. The van der Waals surface area contributed by atoms with Crippen molar-refractivity contribution in [1.82, 2.24) is 9.21 Å². The molecule has 39 heavy (non-hydrogen) atoms. The highest BCUT2D eigenvalue weighted by Crippen LogP contribution is 2.30. The van der Waals surface area contributed by atoms with Crippen molar-refractivity contribution in [3.8, 4) is 0 Å². The van der Waals surface area contributed by atoms with Crippen molar-refractivity contribution in [1.29, 1.82) is 0 Å². The molecule has 1 saturated heterocycles. The summed E-state index contributed by atoms with van der Waals surface area (Å²) in [5, 5.41) is 2.78. The lowest BCUT2D eigenvalue weighted by Crippen LogP contribution is -2.49. The van der Waals surface area contributed by atoms with E-state index >= 15 is 0 Å². The number of carbonyl (C=O) groups is 1. The van der Waals surface area contributed by atoms with E-state index in [1.165, 1.54) is 17.2 Å². The number of hydrogen-bond donors (Lipinski definition) is 1. The number of carbonyl (C=O) groups excluding carboxylic acids is 1. The summed E-state index contributed by atoms with van der Waals surface area (Å²) in [6.07, 6.45) is 3.19. The first-order chi connectivity index (χ1) is 19.0. The van der Waals surface area contributed by atoms with Crippen LogP contribution in [0.2, 0.25) is 0 Å². The normalized spacial score (nSPS) is 15.0. The average Bonchev–Trinajstić information content (AvgIpc) is 2.98. The molecule has 1 heterocycles. The van der Waals surface area contributed by atoms with Crippen molar-refractivity contribution >= 4 is 27.7 Å². The molecule has 0 unspecified atom stereocenters. The molecule has 1 aliphatic heterocycles. The van der Waals surface area contributed by atoms with Crippen LogP contribution in [0, 0.1) is 0 Å². The number of hydrogen-bond acceptors (Lipinski definition) is 4. The van der Waals surface area contributed by atoms with Crippen LogP contribution in [0.1, 0.15) is 22.7 Å². The monoisotopic (exact) mass is 537 g/mol. The van der Waals surface area contributed by atoms with Gasteiger partial charge in [0.1, 0.15) is 0 Å². The van der Waals surface area contributed by atoms with Crippen molar-refractivity contribution < 1.29 is 13.2 Å². The van der Waals surface area contributed by atoms with Crippen LogP contribution >= 0.6 is 0 Å². The van der Waals surface area contributed by atoms with Gasteiger partial charge < -0.3 is 5.32 Å². The van der Waals surface area contributed by atoms with E-state index in [1.807, 2.05) is 66.7 Å². The number of nitrogens with zero attached hydrogens (tertiary/aromatic N) is 2. The van der Waals surface area contributed by atoms with Crippen LogP contribution in [0.4, 0.5) is 5.69 Å². The largest absolute Gasteiger partial charge is 0.323 e. The molecule has 1 N–H and O–H groups in total. The molecule has 0 aliphatic carbocycles. The van der Waals surface area contributed by atoms with Crippen molar-refractivity contribution in [2.45, 2.75) is 10.9 Å². The summed E-state index contributed by atoms with van der Waals surface area (Å²) in [5.41, 5.74) is 3.84. The van der Waals surface area contributed by atoms with E-state index in [4.69, 9.17) is 0 Å². The number of rotatable bonds is 8. The number of amides is 1. The van der Waals surface area contributed by atoms with Crippen molar-refractivity contribution in [2.24, 2.45) is 0 Å². The molecule has 0 saturated carbocycles. The predicted octanol–water partition coefficient (Wildman–Crippen LogP) is 5.43. The molecule has 0 atom stereocenters. The first-order valence-corrected chi connectivity index (χ1v) is 14.4. The summed E-state index contributed by atoms with van der Waals surface area (Å²) < 4.78 is 28.4. The lowest BCUT2D eigenvalue weighted by atomic mass is 9.96. The zero-order chi connectivity index (χ0) is 27.1. The molecule has 1 aliphatic rings. The number of sulfonamides is 1. The van der Waals surface area contributed by atoms with Gasteiger partial charge in [-0.05, 0) is 47.0 Å². The van der Waals surface area contributed by atoms with Gasteiger partial charge >= 0.3 is 0 Å². The fourth-order valence-corrected chi connectivity index (χ4v) is 6.29. The van der Waals surface area contributed by atoms with E-state index in [0.29, 0.717) is 31.9 Å². The fraction of sp³-hybridized carbons (Fsp3) is 0.156. The molecular weight excluding hydrogens is 506 g/mol. The summed E-state index contributed by atoms with van der Waals surface area (Å²) in [6.45, 7) is 2.05. The van der Waals surface area contributed by atoms with E-state index in [9.17, 15) is 13.2 Å². The second kappa shape index (κ2) is 12.2. The minimum Gasteiger partial charge on any atom is -0.323 e. The van der Waals surface area contributed by atoms with Crippen molar-refractivity contribution in [3.63, 3.8) is 0 Å². The van der Waals surface area contributed by atoms with Gasteiger partial charge in [-0.2, -0.15) is 4.31 Å². The molecule has 4 aromatic carbocycles. The Bertz CT molecular complexity index is 1460. The molecule has 6 nitrogen and oxygen atoms in total. The number of benzene rings is 4. The minimum atomic E-state index is -3.65. The summed E-state index contributed by atoms with van der Waals surface area (Å²) >= 11 is 0. The van der Waals surface area contributed by atoms with Crippen LogP contribution in [0.5, 0.6) is 0 Å². The molecule has 1 amide bonds. The Kier molecular flexibility index (Phi) is 8.32. The zero-order valence-corrected chi connectivity index (χ0v) is 22.4. The first kappa shape index (κ1) is 26.6. The Morgan fingerprint density at radius 1 is 0.692 bits per heavy atom. The van der Waals surface area contributed by atoms with E-state index in [1.54, 1.807) is 34.6 Å². The van der Waals surface area contributed by atoms with Gasteiger partial charge in [-0.25, -0.2) is 8.42 Å². The Morgan fingerprint density at radius 2 is 1.21 bits per heavy atom. The highest BCUT2D eigenvalue weighted by Gasteiger charge is 2.32. The van der Waals surface area contributed by atoms with Crippen LogP contribution in [0.25, 0.3) is 6.08 Å². The molecule has 0 spiro atoms. The predicted molar refractivity (Wildman–Crippen MR) is 156 cm³/mol. The Labute approximate surface area is 230 Å². The lowest BCUT2D eigenvalue weighted by molar-refractivity contribution is -0.111. The third-order valence-corrected chi connectivity index (χ3v) is 8.77. The van der Waals surface area contributed by atoms with Crippen LogP contribution in [0.3, 0.4) is 0 Å². The summed E-state index contributed by atoms with van der Waals surface area (Å²) in [5.74, 6) is -0.281. The van der Waals surface area contributed by atoms with Gasteiger partial charge in [0.05, 0.1) is 10.9 Å². The standard InChI is InChI=1S/C32H31N3O3S/c36-31(21-16-26-10-4-1-5-11-26)33-29-17-19-30(20-18-29)39(37,38)35-24-22-34(23-25-35)32(27-12-6-2-7-13-27)28-14-8-3-9-15-28/h1-21,32H,22-25H2,(H,33,36)/b21-16+. The third-order valence-electron chi connectivity index (χ3n) is 6.86. The molecule has 1 fully saturated rings. The molecule has 0 radical (unpaired) electrons. The second-order valence-electron chi connectivity index (χ2n) is 9.42. The van der Waals surface area contributed by atoms with Gasteiger partial charge in [-0.1, -0.05) is 91.0 Å². The van der Waals surface area contributed by atoms with Crippen LogP contribution < -0.4 is 5.32 Å². The third kappa shape index (κ3) is 6.52. The molecule has 0 bridgehead atoms. The zero-order valence-electron chi connectivity index (χ0n) is 21.6. The maximum Gasteiger partial charge on any atom is 0.248 e. The smallest absolute Gasteiger partial charge is 0.248 e. The summed E-state index contributed by atoms with van der Waals surface area (Å²) in [6, 6.07) is 36.6. The number of piperazine rings is 1. The molecule has 4 aromatic rings. The lowest BCUT2D eigenvalue weighted by Gasteiger charge is -2.39. The number of nitrogens with one attached hydrogen (secondary N) is 1. The molecule has 7 heteroatoms. The highest BCUT2D eigenvalue weighted by atomic mass is 32.2. The maximum atomic E-state index is 13.4. The van der Waals surface area contributed by atoms with Gasteiger partial charge in [0.15, 0.2) is 0 Å². The molecular formula is C32H31N3O3S. The van der Waals surface area contributed by atoms with Crippen LogP contribution in [-0.4, -0.2) is 49.7 Å². The second-order valence-corrected chi connectivity index (χ2v) is 11.4. The van der Waals surface area contributed by atoms with Gasteiger partial charge in [0.25, 0.3) is 0 Å².